The molecule has 1 N–H and O–H groups in total. The number of amides is 1. The predicted octanol–water partition coefficient (Wildman–Crippen LogP) is 4.93. The molecule has 6 nitrogen and oxygen atoms in total. The average molecular weight is 464 g/mol. The second kappa shape index (κ2) is 10.9. The molecule has 2 aromatic carbocycles. The summed E-state index contributed by atoms with van der Waals surface area (Å²) in [6, 6.07) is 24.4. The molecule has 0 unspecified atom stereocenters. The molecule has 6 heteroatoms. The number of hydrogen-bond acceptors (Lipinski definition) is 5. The zero-order valence-electron chi connectivity index (χ0n) is 19.7. The van der Waals surface area contributed by atoms with Crippen LogP contribution < -0.4 is 10.2 Å². The minimum Gasteiger partial charge on any atom is -0.356 e. The van der Waals surface area contributed by atoms with Crippen molar-refractivity contribution in [3.63, 3.8) is 0 Å². The van der Waals surface area contributed by atoms with E-state index in [0.29, 0.717) is 29.7 Å². The molecule has 5 rings (SSSR count). The third kappa shape index (κ3) is 5.72. The van der Waals surface area contributed by atoms with E-state index in [9.17, 15) is 4.79 Å². The van der Waals surface area contributed by atoms with Crippen molar-refractivity contribution < 1.29 is 4.79 Å². The lowest BCUT2D eigenvalue weighted by Gasteiger charge is -2.34. The molecule has 0 bridgehead atoms. The Bertz CT molecular complexity index is 1240. The summed E-state index contributed by atoms with van der Waals surface area (Å²) in [6.07, 6.45) is 8.37. The van der Waals surface area contributed by atoms with Crippen LogP contribution >= 0.6 is 0 Å². The Balaban J connectivity index is 1.35. The van der Waals surface area contributed by atoms with Crippen molar-refractivity contribution in [2.24, 2.45) is 5.92 Å². The summed E-state index contributed by atoms with van der Waals surface area (Å²) in [5.41, 5.74) is 3.78. The van der Waals surface area contributed by atoms with Crippen molar-refractivity contribution in [2.75, 3.05) is 18.0 Å². The smallest absolute Gasteiger partial charge is 0.256 e. The second-order valence-corrected chi connectivity index (χ2v) is 8.96. The Morgan fingerprint density at radius 1 is 0.886 bits per heavy atom. The van der Waals surface area contributed by atoms with Gasteiger partial charge in [-0.2, -0.15) is 0 Å². The summed E-state index contributed by atoms with van der Waals surface area (Å²) in [5.74, 6) is 1.80. The minimum atomic E-state index is -0.171. The van der Waals surface area contributed by atoms with E-state index >= 15 is 0 Å². The monoisotopic (exact) mass is 463 g/mol. The van der Waals surface area contributed by atoms with Crippen molar-refractivity contribution in [3.8, 4) is 11.4 Å². The van der Waals surface area contributed by atoms with Gasteiger partial charge in [0, 0.05) is 43.8 Å². The molecule has 1 aliphatic heterocycles. The van der Waals surface area contributed by atoms with Gasteiger partial charge in [-0.3, -0.25) is 9.78 Å². The van der Waals surface area contributed by atoms with Gasteiger partial charge < -0.3 is 10.2 Å². The van der Waals surface area contributed by atoms with Gasteiger partial charge in [-0.15, -0.1) is 0 Å². The first-order valence-electron chi connectivity index (χ1n) is 12.1. The van der Waals surface area contributed by atoms with Gasteiger partial charge in [0.05, 0.1) is 0 Å². The number of nitrogens with zero attached hydrogens (tertiary/aromatic N) is 4. The first-order valence-corrected chi connectivity index (χ1v) is 12.1. The summed E-state index contributed by atoms with van der Waals surface area (Å²) < 4.78 is 0. The third-order valence-electron chi connectivity index (χ3n) is 6.50. The Labute approximate surface area is 206 Å². The zero-order chi connectivity index (χ0) is 23.9. The second-order valence-electron chi connectivity index (χ2n) is 8.96. The van der Waals surface area contributed by atoms with Gasteiger partial charge in [0.15, 0.2) is 5.82 Å². The molecule has 2 aromatic heterocycles. The van der Waals surface area contributed by atoms with E-state index in [4.69, 9.17) is 4.98 Å². The third-order valence-corrected chi connectivity index (χ3v) is 6.50. The Hall–Kier alpha value is -4.06. The maximum atomic E-state index is 13.2. The van der Waals surface area contributed by atoms with E-state index < -0.39 is 0 Å². The number of benzene rings is 2. The first kappa shape index (κ1) is 22.7. The molecule has 1 amide bonds. The number of carbonyl (C=O) groups is 1. The van der Waals surface area contributed by atoms with Crippen LogP contribution in [0.3, 0.4) is 0 Å². The van der Waals surface area contributed by atoms with Gasteiger partial charge in [-0.25, -0.2) is 9.97 Å². The van der Waals surface area contributed by atoms with E-state index in [1.54, 1.807) is 18.6 Å². The number of nitrogens with one attached hydrogen (secondary N) is 1. The van der Waals surface area contributed by atoms with Crippen LogP contribution in [0.2, 0.25) is 0 Å². The Morgan fingerprint density at radius 2 is 1.60 bits per heavy atom. The summed E-state index contributed by atoms with van der Waals surface area (Å²) in [7, 11) is 0. The Morgan fingerprint density at radius 3 is 2.31 bits per heavy atom. The summed E-state index contributed by atoms with van der Waals surface area (Å²) in [4.78, 5) is 29.0. The highest BCUT2D eigenvalue weighted by Gasteiger charge is 2.25. The normalized spacial score (nSPS) is 14.0. The number of carbonyl (C=O) groups excluding carboxylic acids is 1. The molecule has 0 atom stereocenters. The van der Waals surface area contributed by atoms with Gasteiger partial charge >= 0.3 is 0 Å². The minimum absolute atomic E-state index is 0.171. The van der Waals surface area contributed by atoms with Crippen molar-refractivity contribution in [1.82, 2.24) is 20.3 Å². The van der Waals surface area contributed by atoms with Crippen LogP contribution in [0.15, 0.2) is 91.4 Å². The quantitative estimate of drug-likeness (QED) is 0.421. The molecule has 176 valence electrons. The lowest BCUT2D eigenvalue weighted by molar-refractivity contribution is 0.0950. The molecule has 0 spiro atoms. The topological polar surface area (TPSA) is 71.0 Å². The molecule has 35 heavy (non-hydrogen) atoms. The van der Waals surface area contributed by atoms with Gasteiger partial charge in [0.2, 0.25) is 0 Å². The molecular weight excluding hydrogens is 434 g/mol. The van der Waals surface area contributed by atoms with Crippen LogP contribution in [-0.4, -0.2) is 33.9 Å². The lowest BCUT2D eigenvalue weighted by atomic mass is 9.90. The number of rotatable bonds is 7. The highest BCUT2D eigenvalue weighted by molar-refractivity contribution is 5.98. The molecule has 1 aliphatic rings. The number of hydrogen-bond donors (Lipinski definition) is 1. The van der Waals surface area contributed by atoms with Crippen molar-refractivity contribution in [1.29, 1.82) is 0 Å². The van der Waals surface area contributed by atoms with E-state index in [-0.39, 0.29) is 5.91 Å². The van der Waals surface area contributed by atoms with Gasteiger partial charge in [0.1, 0.15) is 11.4 Å². The van der Waals surface area contributed by atoms with Gasteiger partial charge in [0.25, 0.3) is 5.91 Å². The number of pyridine rings is 1. The van der Waals surface area contributed by atoms with E-state index in [1.807, 2.05) is 42.5 Å². The van der Waals surface area contributed by atoms with Crippen LogP contribution in [0, 0.1) is 5.92 Å². The van der Waals surface area contributed by atoms with Gasteiger partial charge in [-0.05, 0) is 42.4 Å². The van der Waals surface area contributed by atoms with E-state index in [0.717, 1.165) is 43.5 Å². The number of anilines is 1. The standard InChI is InChI=1S/C29H29N5O/c35-29(32-20-24-10-7-15-30-19-24)26-21-31-27(25-11-5-2-6-12-25)33-28(26)34-16-13-23(14-17-34)18-22-8-3-1-4-9-22/h1-12,15,19,21,23H,13-14,16-18,20H2,(H,32,35). The molecule has 1 saturated heterocycles. The molecule has 4 aromatic rings. The fourth-order valence-electron chi connectivity index (χ4n) is 4.58. The summed E-state index contributed by atoms with van der Waals surface area (Å²) in [5, 5.41) is 3.01. The van der Waals surface area contributed by atoms with Crippen molar-refractivity contribution >= 4 is 11.7 Å². The van der Waals surface area contributed by atoms with Crippen LogP contribution in [0.4, 0.5) is 5.82 Å². The van der Waals surface area contributed by atoms with E-state index in [2.05, 4.69) is 50.5 Å². The fraction of sp³-hybridized carbons (Fsp3) is 0.241. The molecular formula is C29H29N5O. The number of piperidine rings is 1. The van der Waals surface area contributed by atoms with Crippen molar-refractivity contribution in [2.45, 2.75) is 25.8 Å². The van der Waals surface area contributed by atoms with Crippen molar-refractivity contribution in [3.05, 3.63) is 108 Å². The zero-order valence-corrected chi connectivity index (χ0v) is 19.7. The van der Waals surface area contributed by atoms with E-state index in [1.165, 1.54) is 5.56 Å². The van der Waals surface area contributed by atoms with Crippen LogP contribution in [-0.2, 0) is 13.0 Å². The van der Waals surface area contributed by atoms with Crippen LogP contribution in [0.5, 0.6) is 0 Å². The lowest BCUT2D eigenvalue weighted by Crippen LogP contribution is -2.37. The predicted molar refractivity (Wildman–Crippen MR) is 138 cm³/mol. The molecule has 0 saturated carbocycles. The fourth-order valence-corrected chi connectivity index (χ4v) is 4.58. The molecule has 3 heterocycles. The van der Waals surface area contributed by atoms with Crippen LogP contribution in [0.1, 0.15) is 34.3 Å². The first-order chi connectivity index (χ1) is 17.3. The molecule has 0 aliphatic carbocycles. The number of aromatic nitrogens is 3. The maximum absolute atomic E-state index is 13.2. The highest BCUT2D eigenvalue weighted by atomic mass is 16.1. The largest absolute Gasteiger partial charge is 0.356 e. The molecule has 1 fully saturated rings. The molecule has 0 radical (unpaired) electrons. The SMILES string of the molecule is O=C(NCc1cccnc1)c1cnc(-c2ccccc2)nc1N1CCC(Cc2ccccc2)CC1. The maximum Gasteiger partial charge on any atom is 0.256 e. The van der Waals surface area contributed by atoms with Crippen LogP contribution in [0.25, 0.3) is 11.4 Å². The highest BCUT2D eigenvalue weighted by Crippen LogP contribution is 2.28. The Kier molecular flexibility index (Phi) is 7.08. The summed E-state index contributed by atoms with van der Waals surface area (Å²) >= 11 is 0. The summed E-state index contributed by atoms with van der Waals surface area (Å²) in [6.45, 7) is 2.14. The average Bonchev–Trinajstić information content (AvgIpc) is 2.93. The van der Waals surface area contributed by atoms with Gasteiger partial charge in [-0.1, -0.05) is 66.7 Å².